The summed E-state index contributed by atoms with van der Waals surface area (Å²) in [5, 5.41) is 0. The lowest BCUT2D eigenvalue weighted by Gasteiger charge is -2.07. The largest absolute Gasteiger partial charge is 0.251 e. The van der Waals surface area contributed by atoms with Gasteiger partial charge in [-0.05, 0) is 86.6 Å². The summed E-state index contributed by atoms with van der Waals surface area (Å²) < 4.78 is 0. The Hall–Kier alpha value is -3.54. The molecule has 468 valence electrons. The lowest BCUT2D eigenvalue weighted by Crippen LogP contribution is -2.12. The molecule has 2 aromatic carbocycles. The highest BCUT2D eigenvalue weighted by molar-refractivity contribution is 6.49. The van der Waals surface area contributed by atoms with Crippen LogP contribution in [0.2, 0.25) is 0 Å². The predicted octanol–water partition coefficient (Wildman–Crippen LogP) is 27.6. The summed E-state index contributed by atoms with van der Waals surface area (Å²) in [5.74, 6) is 20.8. The Bertz CT molecular complexity index is 1950. The van der Waals surface area contributed by atoms with E-state index >= 15 is 0 Å². The van der Waals surface area contributed by atoms with Crippen LogP contribution in [-0.4, -0.2) is 11.4 Å². The van der Waals surface area contributed by atoms with Gasteiger partial charge in [-0.3, -0.25) is 4.99 Å². The topological polar surface area (TPSA) is 24.7 Å². The van der Waals surface area contributed by atoms with Crippen molar-refractivity contribution in [3.8, 4) is 35.5 Å². The van der Waals surface area contributed by atoms with Crippen LogP contribution in [0.1, 0.15) is 405 Å². The summed E-state index contributed by atoms with van der Waals surface area (Å²) in [7, 11) is 0. The minimum Gasteiger partial charge on any atom is -0.251 e. The SMILES string of the molecule is CCCCCCCC#CC(=Nc1ccc(C#CCCCCCCCCCCCCCCCCCCCCCCCCC)cc1)C(CCCC)=Nc1ccc(C#CCCCCCCCCCCCCCCCCCCCCCCCCC)cc1. The predicted molar refractivity (Wildman–Crippen MR) is 374 cm³/mol. The first kappa shape index (κ1) is 75.6. The Labute approximate surface area is 518 Å². The van der Waals surface area contributed by atoms with Crippen molar-refractivity contribution in [3.05, 3.63) is 59.7 Å². The number of benzene rings is 2. The van der Waals surface area contributed by atoms with Crippen LogP contribution in [0.3, 0.4) is 0 Å². The Morgan fingerprint density at radius 3 is 0.747 bits per heavy atom. The first-order chi connectivity index (χ1) is 41.2. The summed E-state index contributed by atoms with van der Waals surface area (Å²) in [6.07, 6.45) is 77.5. The van der Waals surface area contributed by atoms with Crippen LogP contribution in [0.5, 0.6) is 0 Å². The number of nitrogens with zero attached hydrogens (tertiary/aromatic N) is 2. The van der Waals surface area contributed by atoms with Gasteiger partial charge in [0.25, 0.3) is 0 Å². The molecule has 2 heteroatoms. The molecule has 0 atom stereocenters. The third-order valence-corrected chi connectivity index (χ3v) is 17.2. The van der Waals surface area contributed by atoms with Gasteiger partial charge in [-0.15, -0.1) is 0 Å². The van der Waals surface area contributed by atoms with E-state index in [-0.39, 0.29) is 0 Å². The van der Waals surface area contributed by atoms with Gasteiger partial charge in [0.05, 0.1) is 17.1 Å². The highest BCUT2D eigenvalue weighted by Crippen LogP contribution is 2.21. The van der Waals surface area contributed by atoms with Crippen molar-refractivity contribution < 1.29 is 0 Å². The molecule has 0 spiro atoms. The summed E-state index contributed by atoms with van der Waals surface area (Å²) in [6.45, 7) is 9.14. The van der Waals surface area contributed by atoms with E-state index in [4.69, 9.17) is 9.98 Å². The standard InChI is InChI=1S/C81H134N2/c1-5-9-13-16-19-21-23-25-27-29-31-33-35-37-39-41-43-45-47-49-51-53-56-58-61-64-76-68-72-78(73-69-76)82-80(66-12-8-4)81(67-63-60-55-18-15-11-7-3)83-79-74-70-77(71-75-79)65-62-59-57-54-52-50-48-46-44-42-40-38-36-34-32-30-28-26-24-22-20-17-14-10-6-2/h68-75H,5-60,66H2,1-4H3. The van der Waals surface area contributed by atoms with Gasteiger partial charge in [-0.1, -0.05) is 372 Å². The second-order valence-corrected chi connectivity index (χ2v) is 25.3. The van der Waals surface area contributed by atoms with Gasteiger partial charge in [0.15, 0.2) is 0 Å². The van der Waals surface area contributed by atoms with Crippen LogP contribution >= 0.6 is 0 Å². The number of hydrogen-bond acceptors (Lipinski definition) is 2. The van der Waals surface area contributed by atoms with Crippen LogP contribution in [0.4, 0.5) is 11.4 Å². The molecule has 0 heterocycles. The van der Waals surface area contributed by atoms with Gasteiger partial charge in [0, 0.05) is 30.4 Å². The molecule has 2 aromatic rings. The zero-order valence-electron chi connectivity index (χ0n) is 55.8. The second kappa shape index (κ2) is 61.5. The van der Waals surface area contributed by atoms with E-state index < -0.39 is 0 Å². The van der Waals surface area contributed by atoms with Gasteiger partial charge in [0.2, 0.25) is 0 Å². The fourth-order valence-corrected chi connectivity index (χ4v) is 11.5. The molecule has 0 saturated carbocycles. The van der Waals surface area contributed by atoms with E-state index in [1.165, 1.54) is 321 Å². The third-order valence-electron chi connectivity index (χ3n) is 17.2. The Kier molecular flexibility index (Phi) is 56.0. The molecular formula is C81H134N2. The average Bonchev–Trinajstić information content (AvgIpc) is 3.50. The first-order valence-electron chi connectivity index (χ1n) is 37.0. The van der Waals surface area contributed by atoms with Crippen LogP contribution in [0, 0.1) is 35.5 Å². The number of hydrogen-bond donors (Lipinski definition) is 0. The maximum Gasteiger partial charge on any atom is 0.135 e. The molecule has 0 radical (unpaired) electrons. The van der Waals surface area contributed by atoms with E-state index in [2.05, 4.69) is 112 Å². The molecule has 0 fully saturated rings. The highest BCUT2D eigenvalue weighted by Gasteiger charge is 2.09. The van der Waals surface area contributed by atoms with Crippen molar-refractivity contribution in [2.45, 2.75) is 394 Å². The smallest absolute Gasteiger partial charge is 0.135 e. The molecule has 2 nitrogen and oxygen atoms in total. The second-order valence-electron chi connectivity index (χ2n) is 25.3. The van der Waals surface area contributed by atoms with Crippen molar-refractivity contribution >= 4 is 22.8 Å². The molecule has 0 bridgehead atoms. The van der Waals surface area contributed by atoms with E-state index in [0.717, 1.165) is 78.9 Å². The van der Waals surface area contributed by atoms with Gasteiger partial charge in [0.1, 0.15) is 5.71 Å². The summed E-state index contributed by atoms with van der Waals surface area (Å²) in [5.41, 5.74) is 5.75. The van der Waals surface area contributed by atoms with Gasteiger partial charge < -0.3 is 0 Å². The van der Waals surface area contributed by atoms with Gasteiger partial charge >= 0.3 is 0 Å². The van der Waals surface area contributed by atoms with Gasteiger partial charge in [-0.25, -0.2) is 4.99 Å². The van der Waals surface area contributed by atoms with E-state index in [9.17, 15) is 0 Å². The zero-order valence-corrected chi connectivity index (χ0v) is 55.8. The third kappa shape index (κ3) is 50.3. The number of unbranched alkanes of at least 4 members (excludes halogenated alkanes) is 52. The molecule has 0 aliphatic carbocycles. The minimum atomic E-state index is 0.797. The Morgan fingerprint density at radius 2 is 0.482 bits per heavy atom. The Balaban J connectivity index is 1.68. The van der Waals surface area contributed by atoms with Crippen molar-refractivity contribution in [2.24, 2.45) is 9.98 Å². The summed E-state index contributed by atoms with van der Waals surface area (Å²) in [4.78, 5) is 10.4. The van der Waals surface area contributed by atoms with E-state index in [0.29, 0.717) is 0 Å². The highest BCUT2D eigenvalue weighted by atomic mass is 14.8. The average molecular weight is 1140 g/mol. The van der Waals surface area contributed by atoms with E-state index in [1.807, 2.05) is 0 Å². The number of rotatable bonds is 57. The quantitative estimate of drug-likeness (QED) is 0.0358. The Morgan fingerprint density at radius 1 is 0.253 bits per heavy atom. The molecule has 0 amide bonds. The van der Waals surface area contributed by atoms with Crippen molar-refractivity contribution in [3.63, 3.8) is 0 Å². The molecule has 0 unspecified atom stereocenters. The maximum absolute atomic E-state index is 5.22. The summed E-state index contributed by atoms with van der Waals surface area (Å²) >= 11 is 0. The van der Waals surface area contributed by atoms with Crippen LogP contribution < -0.4 is 0 Å². The molecule has 2 rings (SSSR count). The molecule has 0 aliphatic heterocycles. The van der Waals surface area contributed by atoms with Crippen LogP contribution in [0.15, 0.2) is 58.5 Å². The molecule has 0 N–H and O–H groups in total. The molecule has 0 aliphatic rings. The normalized spacial score (nSPS) is 11.6. The molecule has 83 heavy (non-hydrogen) atoms. The van der Waals surface area contributed by atoms with Gasteiger partial charge in [-0.2, -0.15) is 0 Å². The van der Waals surface area contributed by atoms with Crippen LogP contribution in [-0.2, 0) is 0 Å². The minimum absolute atomic E-state index is 0.797. The summed E-state index contributed by atoms with van der Waals surface area (Å²) in [6, 6.07) is 16.9. The first-order valence-corrected chi connectivity index (χ1v) is 37.0. The zero-order chi connectivity index (χ0) is 59.1. The van der Waals surface area contributed by atoms with Crippen molar-refractivity contribution in [1.82, 2.24) is 0 Å². The molecule has 0 saturated heterocycles. The van der Waals surface area contributed by atoms with E-state index in [1.54, 1.807) is 0 Å². The van der Waals surface area contributed by atoms with Crippen LogP contribution in [0.25, 0.3) is 0 Å². The number of aliphatic imine (C=N–C) groups is 2. The molecule has 0 aromatic heterocycles. The van der Waals surface area contributed by atoms with Crippen molar-refractivity contribution in [1.29, 1.82) is 0 Å². The lowest BCUT2D eigenvalue weighted by atomic mass is 10.0. The fraction of sp³-hybridized carbons (Fsp3) is 0.753. The lowest BCUT2D eigenvalue weighted by molar-refractivity contribution is 0.518. The monoisotopic (exact) mass is 1140 g/mol. The fourth-order valence-electron chi connectivity index (χ4n) is 11.5. The van der Waals surface area contributed by atoms with Crippen molar-refractivity contribution in [2.75, 3.05) is 0 Å². The molecular weight excluding hydrogens is 1000 g/mol. The maximum atomic E-state index is 5.22.